The molecule has 1 aliphatic rings. The number of piperidine rings is 1. The van der Waals surface area contributed by atoms with Crippen LogP contribution in [0.2, 0.25) is 5.02 Å². The Morgan fingerprint density at radius 2 is 1.53 bits per heavy atom. The summed E-state index contributed by atoms with van der Waals surface area (Å²) in [5.74, 6) is -0.409. The largest absolute Gasteiger partial charge is 0.345 e. The first-order chi connectivity index (χ1) is 16.3. The maximum Gasteiger partial charge on any atom is 0.223 e. The minimum Gasteiger partial charge on any atom is -0.345 e. The topological polar surface area (TPSA) is 66.5 Å². The molecule has 1 aliphatic heterocycles. The van der Waals surface area contributed by atoms with Gasteiger partial charge in [0.25, 0.3) is 0 Å². The van der Waals surface area contributed by atoms with E-state index in [4.69, 9.17) is 11.6 Å². The molecule has 1 amide bonds. The number of nitrogens with zero attached hydrogens (tertiary/aromatic N) is 1. The second-order valence-electron chi connectivity index (χ2n) is 8.78. The quantitative estimate of drug-likeness (QED) is 0.495. The van der Waals surface area contributed by atoms with E-state index in [2.05, 4.69) is 5.32 Å². The van der Waals surface area contributed by atoms with Gasteiger partial charge in [0.2, 0.25) is 15.9 Å². The van der Waals surface area contributed by atoms with Crippen molar-refractivity contribution in [2.24, 2.45) is 5.92 Å². The lowest BCUT2D eigenvalue weighted by Crippen LogP contribution is -2.44. The minimum atomic E-state index is -3.50. The highest BCUT2D eigenvalue weighted by atomic mass is 35.5. The first-order valence-corrected chi connectivity index (χ1v) is 13.5. The Balaban J connectivity index is 1.42. The SMILES string of the molecule is Cc1ccc(C(NC(=O)C2CCN(S(=O)(=O)Cc3ccccc3Cl)CC2)c2ccccc2)cc1. The second-order valence-corrected chi connectivity index (χ2v) is 11.2. The Hall–Kier alpha value is -2.67. The van der Waals surface area contributed by atoms with Gasteiger partial charge in [-0.05, 0) is 42.5 Å². The Labute approximate surface area is 206 Å². The lowest BCUT2D eigenvalue weighted by atomic mass is 9.94. The van der Waals surface area contributed by atoms with Gasteiger partial charge in [0.15, 0.2) is 0 Å². The molecule has 0 spiro atoms. The fraction of sp³-hybridized carbons (Fsp3) is 0.296. The predicted molar refractivity (Wildman–Crippen MR) is 136 cm³/mol. The van der Waals surface area contributed by atoms with Gasteiger partial charge >= 0.3 is 0 Å². The molecule has 1 N–H and O–H groups in total. The van der Waals surface area contributed by atoms with Crippen molar-refractivity contribution < 1.29 is 13.2 Å². The van der Waals surface area contributed by atoms with Crippen LogP contribution in [0.1, 0.15) is 41.1 Å². The standard InChI is InChI=1S/C27H29ClN2O3S/c1-20-11-13-22(14-12-20)26(21-7-3-2-4-8-21)29-27(31)23-15-17-30(18-16-23)34(32,33)19-24-9-5-6-10-25(24)28/h2-14,23,26H,15-19H2,1H3,(H,29,31). The van der Waals surface area contributed by atoms with Crippen LogP contribution in [0.4, 0.5) is 0 Å². The second kappa shape index (κ2) is 10.7. The molecule has 4 rings (SSSR count). The first-order valence-electron chi connectivity index (χ1n) is 11.5. The van der Waals surface area contributed by atoms with Crippen LogP contribution < -0.4 is 5.32 Å². The molecule has 0 radical (unpaired) electrons. The van der Waals surface area contributed by atoms with E-state index in [0.29, 0.717) is 36.5 Å². The average Bonchev–Trinajstić information content (AvgIpc) is 2.85. The zero-order valence-electron chi connectivity index (χ0n) is 19.2. The van der Waals surface area contributed by atoms with Crippen LogP contribution in [-0.2, 0) is 20.6 Å². The first kappa shape index (κ1) is 24.5. The lowest BCUT2D eigenvalue weighted by Gasteiger charge is -2.32. The number of hydrogen-bond acceptors (Lipinski definition) is 3. The molecular weight excluding hydrogens is 468 g/mol. The summed E-state index contributed by atoms with van der Waals surface area (Å²) in [7, 11) is -3.50. The maximum atomic E-state index is 13.2. The molecule has 178 valence electrons. The van der Waals surface area contributed by atoms with Crippen LogP contribution in [0.15, 0.2) is 78.9 Å². The van der Waals surface area contributed by atoms with Crippen molar-refractivity contribution in [3.8, 4) is 0 Å². The number of sulfonamides is 1. The summed E-state index contributed by atoms with van der Waals surface area (Å²) in [5.41, 5.74) is 3.78. The summed E-state index contributed by atoms with van der Waals surface area (Å²) >= 11 is 6.16. The number of amides is 1. The summed E-state index contributed by atoms with van der Waals surface area (Å²) < 4.78 is 27.3. The van der Waals surface area contributed by atoms with E-state index in [1.807, 2.05) is 61.5 Å². The van der Waals surface area contributed by atoms with Crippen LogP contribution in [-0.4, -0.2) is 31.7 Å². The van der Waals surface area contributed by atoms with Crippen molar-refractivity contribution in [1.82, 2.24) is 9.62 Å². The van der Waals surface area contributed by atoms with Gasteiger partial charge in [0.1, 0.15) is 0 Å². The molecule has 0 saturated carbocycles. The highest BCUT2D eigenvalue weighted by Gasteiger charge is 2.32. The molecule has 1 heterocycles. The number of aryl methyl sites for hydroxylation is 1. The Bertz CT molecular complexity index is 1220. The van der Waals surface area contributed by atoms with E-state index in [1.54, 1.807) is 24.3 Å². The average molecular weight is 497 g/mol. The van der Waals surface area contributed by atoms with E-state index in [0.717, 1.165) is 16.7 Å². The van der Waals surface area contributed by atoms with E-state index in [1.165, 1.54) is 4.31 Å². The molecule has 5 nitrogen and oxygen atoms in total. The van der Waals surface area contributed by atoms with Gasteiger partial charge in [-0.2, -0.15) is 0 Å². The number of hydrogen-bond donors (Lipinski definition) is 1. The molecular formula is C27H29ClN2O3S. The third kappa shape index (κ3) is 5.87. The van der Waals surface area contributed by atoms with Crippen LogP contribution in [0.25, 0.3) is 0 Å². The Morgan fingerprint density at radius 1 is 0.941 bits per heavy atom. The molecule has 0 bridgehead atoms. The fourth-order valence-electron chi connectivity index (χ4n) is 4.32. The molecule has 3 aromatic carbocycles. The van der Waals surface area contributed by atoms with Crippen molar-refractivity contribution in [3.63, 3.8) is 0 Å². The predicted octanol–water partition coefficient (Wildman–Crippen LogP) is 5.10. The van der Waals surface area contributed by atoms with Crippen molar-refractivity contribution in [3.05, 3.63) is 106 Å². The van der Waals surface area contributed by atoms with Gasteiger partial charge in [0, 0.05) is 24.0 Å². The molecule has 1 saturated heterocycles. The number of nitrogens with one attached hydrogen (secondary N) is 1. The molecule has 1 fully saturated rings. The number of halogens is 1. The summed E-state index contributed by atoms with van der Waals surface area (Å²) in [4.78, 5) is 13.2. The molecule has 34 heavy (non-hydrogen) atoms. The van der Waals surface area contributed by atoms with E-state index in [9.17, 15) is 13.2 Å². The number of carbonyl (C=O) groups is 1. The molecule has 0 aliphatic carbocycles. The zero-order chi connectivity index (χ0) is 24.1. The zero-order valence-corrected chi connectivity index (χ0v) is 20.7. The maximum absolute atomic E-state index is 13.2. The van der Waals surface area contributed by atoms with Crippen LogP contribution >= 0.6 is 11.6 Å². The van der Waals surface area contributed by atoms with Gasteiger partial charge in [0.05, 0.1) is 11.8 Å². The number of carbonyl (C=O) groups excluding carboxylic acids is 1. The molecule has 7 heteroatoms. The molecule has 1 unspecified atom stereocenters. The third-order valence-electron chi connectivity index (χ3n) is 6.34. The van der Waals surface area contributed by atoms with E-state index < -0.39 is 10.0 Å². The summed E-state index contributed by atoms with van der Waals surface area (Å²) in [6.07, 6.45) is 0.978. The summed E-state index contributed by atoms with van der Waals surface area (Å²) in [6, 6.07) is 24.8. The smallest absolute Gasteiger partial charge is 0.223 e. The van der Waals surface area contributed by atoms with Crippen molar-refractivity contribution in [2.45, 2.75) is 31.6 Å². The van der Waals surface area contributed by atoms with Crippen molar-refractivity contribution in [1.29, 1.82) is 0 Å². The molecule has 3 aromatic rings. The minimum absolute atomic E-state index is 0.0439. The van der Waals surface area contributed by atoms with Gasteiger partial charge < -0.3 is 5.32 Å². The van der Waals surface area contributed by atoms with E-state index in [-0.39, 0.29) is 23.6 Å². The summed E-state index contributed by atoms with van der Waals surface area (Å²) in [5, 5.41) is 3.66. The lowest BCUT2D eigenvalue weighted by molar-refractivity contribution is -0.126. The van der Waals surface area contributed by atoms with Gasteiger partial charge in [-0.1, -0.05) is 90.0 Å². The highest BCUT2D eigenvalue weighted by Crippen LogP contribution is 2.27. The molecule has 1 atom stereocenters. The van der Waals surface area contributed by atoms with Gasteiger partial charge in [-0.15, -0.1) is 0 Å². The normalized spacial score (nSPS) is 16.2. The van der Waals surface area contributed by atoms with Gasteiger partial charge in [-0.3, -0.25) is 4.79 Å². The number of rotatable bonds is 7. The Kier molecular flexibility index (Phi) is 7.71. The van der Waals surface area contributed by atoms with Crippen molar-refractivity contribution in [2.75, 3.05) is 13.1 Å². The van der Waals surface area contributed by atoms with Crippen LogP contribution in [0.5, 0.6) is 0 Å². The number of benzene rings is 3. The molecule has 0 aromatic heterocycles. The fourth-order valence-corrected chi connectivity index (χ4v) is 6.20. The summed E-state index contributed by atoms with van der Waals surface area (Å²) in [6.45, 7) is 2.68. The van der Waals surface area contributed by atoms with E-state index >= 15 is 0 Å². The van der Waals surface area contributed by atoms with Crippen LogP contribution in [0, 0.1) is 12.8 Å². The third-order valence-corrected chi connectivity index (χ3v) is 8.54. The van der Waals surface area contributed by atoms with Gasteiger partial charge in [-0.25, -0.2) is 12.7 Å². The highest BCUT2D eigenvalue weighted by molar-refractivity contribution is 7.88. The van der Waals surface area contributed by atoms with Crippen LogP contribution in [0.3, 0.4) is 0 Å². The Morgan fingerprint density at radius 3 is 2.18 bits per heavy atom. The monoisotopic (exact) mass is 496 g/mol. The van der Waals surface area contributed by atoms with Crippen molar-refractivity contribution >= 4 is 27.5 Å².